The number of methoxy groups -OCH3 is 1. The summed E-state index contributed by atoms with van der Waals surface area (Å²) in [6.07, 6.45) is 5.63. The number of nitrogens with two attached hydrogens (primary N) is 1. The van der Waals surface area contributed by atoms with Gasteiger partial charge in [-0.3, -0.25) is 4.79 Å². The molecule has 0 spiro atoms. The number of hydrogen-bond acceptors (Lipinski definition) is 6. The van der Waals surface area contributed by atoms with Crippen molar-refractivity contribution in [2.75, 3.05) is 31.3 Å². The van der Waals surface area contributed by atoms with Crippen molar-refractivity contribution in [2.24, 2.45) is 11.7 Å². The standard InChI is InChI=1S/C31H42F2N4O4S/c1-41-25-14-9-21(10-15-25)29(20-7-11-22(32)12-8-20)30(34)31(38)36-28-6-2-5-27(33)26(28)16-13-24-18-35-23-4-3-17-42(39,40)37(24)19-23/h2,5-8,11-12,21,23-25,29-30,35H,3-4,9-10,13-19,34H2,1H3,(H,36,38). The molecule has 1 saturated carbocycles. The van der Waals surface area contributed by atoms with Crippen LogP contribution in [0.15, 0.2) is 42.5 Å². The Bertz CT molecular complexity index is 1330. The lowest BCUT2D eigenvalue weighted by atomic mass is 9.72. The van der Waals surface area contributed by atoms with Crippen LogP contribution >= 0.6 is 0 Å². The average molecular weight is 605 g/mol. The minimum absolute atomic E-state index is 0.104. The summed E-state index contributed by atoms with van der Waals surface area (Å²) in [6.45, 7) is 0.940. The van der Waals surface area contributed by atoms with Crippen LogP contribution in [0.25, 0.3) is 0 Å². The molecule has 1 aliphatic carbocycles. The van der Waals surface area contributed by atoms with E-state index in [1.807, 2.05) is 0 Å². The molecule has 11 heteroatoms. The Kier molecular flexibility index (Phi) is 9.94. The molecule has 4 N–H and O–H groups in total. The highest BCUT2D eigenvalue weighted by atomic mass is 32.2. The topological polar surface area (TPSA) is 114 Å². The zero-order valence-electron chi connectivity index (χ0n) is 24.1. The smallest absolute Gasteiger partial charge is 0.241 e. The van der Waals surface area contributed by atoms with Gasteiger partial charge in [0.05, 0.1) is 17.9 Å². The number of nitrogens with zero attached hydrogens (tertiary/aromatic N) is 1. The summed E-state index contributed by atoms with van der Waals surface area (Å²) in [5, 5.41) is 6.32. The van der Waals surface area contributed by atoms with Crippen molar-refractivity contribution in [1.82, 2.24) is 9.62 Å². The van der Waals surface area contributed by atoms with E-state index in [0.29, 0.717) is 37.2 Å². The van der Waals surface area contributed by atoms with Crippen molar-refractivity contribution in [1.29, 1.82) is 0 Å². The first-order chi connectivity index (χ1) is 20.2. The fraction of sp³-hybridized carbons (Fsp3) is 0.581. The SMILES string of the molecule is COC1CCC(C(c2ccc(F)cc2)C(N)C(=O)Nc2cccc(F)c2CCC2CNC3CCCS(=O)(=O)N2C3)CC1. The first-order valence-electron chi connectivity index (χ1n) is 15.0. The molecule has 8 nitrogen and oxygen atoms in total. The van der Waals surface area contributed by atoms with E-state index in [1.54, 1.807) is 29.6 Å². The molecular formula is C31H42F2N4O4S. The van der Waals surface area contributed by atoms with E-state index in [9.17, 15) is 17.6 Å². The third kappa shape index (κ3) is 7.02. The minimum atomic E-state index is -3.37. The first kappa shape index (κ1) is 31.0. The number of amides is 1. The van der Waals surface area contributed by atoms with E-state index in [4.69, 9.17) is 10.5 Å². The number of halogens is 2. The van der Waals surface area contributed by atoms with E-state index in [-0.39, 0.29) is 48.0 Å². The molecule has 0 radical (unpaired) electrons. The Balaban J connectivity index is 1.32. The maximum atomic E-state index is 15.2. The molecule has 5 atom stereocenters. The second-order valence-corrected chi connectivity index (χ2v) is 14.0. The summed E-state index contributed by atoms with van der Waals surface area (Å²) in [5.74, 6) is -1.39. The Labute approximate surface area is 247 Å². The number of sulfonamides is 1. The fourth-order valence-electron chi connectivity index (χ4n) is 7.01. The summed E-state index contributed by atoms with van der Waals surface area (Å²) in [7, 11) is -1.67. The molecule has 230 valence electrons. The van der Waals surface area contributed by atoms with Gasteiger partial charge in [0.25, 0.3) is 0 Å². The van der Waals surface area contributed by atoms with E-state index >= 15 is 4.39 Å². The quantitative estimate of drug-likeness (QED) is 0.400. The van der Waals surface area contributed by atoms with E-state index in [0.717, 1.165) is 37.7 Å². The molecule has 1 amide bonds. The van der Waals surface area contributed by atoms with Gasteiger partial charge in [-0.25, -0.2) is 17.2 Å². The lowest BCUT2D eigenvalue weighted by Gasteiger charge is -2.37. The van der Waals surface area contributed by atoms with Crippen LogP contribution in [-0.2, 0) is 26.0 Å². The van der Waals surface area contributed by atoms with Crippen molar-refractivity contribution in [3.63, 3.8) is 0 Å². The van der Waals surface area contributed by atoms with Gasteiger partial charge in [-0.2, -0.15) is 4.31 Å². The van der Waals surface area contributed by atoms with E-state index < -0.39 is 27.8 Å². The molecule has 2 bridgehead atoms. The highest BCUT2D eigenvalue weighted by Crippen LogP contribution is 2.39. The highest BCUT2D eigenvalue weighted by molar-refractivity contribution is 7.89. The Hall–Kier alpha value is -2.44. The first-order valence-corrected chi connectivity index (χ1v) is 16.6. The molecule has 5 unspecified atom stereocenters. The lowest BCUT2D eigenvalue weighted by molar-refractivity contribution is -0.118. The number of nitrogens with one attached hydrogen (secondary N) is 2. The second kappa shape index (κ2) is 13.5. The zero-order valence-corrected chi connectivity index (χ0v) is 24.9. The monoisotopic (exact) mass is 604 g/mol. The molecule has 2 saturated heterocycles. The Morgan fingerprint density at radius 1 is 1.12 bits per heavy atom. The van der Waals surface area contributed by atoms with Gasteiger partial charge in [0, 0.05) is 49.5 Å². The van der Waals surface area contributed by atoms with Crippen LogP contribution in [0.2, 0.25) is 0 Å². The maximum absolute atomic E-state index is 15.2. The van der Waals surface area contributed by atoms with Gasteiger partial charge in [-0.05, 0) is 87.1 Å². The molecule has 42 heavy (non-hydrogen) atoms. The Morgan fingerprint density at radius 2 is 1.86 bits per heavy atom. The summed E-state index contributed by atoms with van der Waals surface area (Å²) >= 11 is 0. The number of anilines is 1. The molecule has 2 aliphatic heterocycles. The van der Waals surface area contributed by atoms with Crippen LogP contribution in [0, 0.1) is 17.6 Å². The third-order valence-corrected chi connectivity index (χ3v) is 11.3. The van der Waals surface area contributed by atoms with Crippen molar-refractivity contribution in [3.8, 4) is 0 Å². The van der Waals surface area contributed by atoms with Crippen molar-refractivity contribution < 1.29 is 26.7 Å². The molecule has 2 heterocycles. The van der Waals surface area contributed by atoms with Gasteiger partial charge in [-0.15, -0.1) is 0 Å². The third-order valence-electron chi connectivity index (χ3n) is 9.37. The molecule has 5 rings (SSSR count). The van der Waals surface area contributed by atoms with Gasteiger partial charge < -0.3 is 21.1 Å². The number of hydrogen-bond donors (Lipinski definition) is 3. The normalized spacial score (nSPS) is 28.8. The molecule has 3 fully saturated rings. The zero-order chi connectivity index (χ0) is 29.9. The number of ether oxygens (including phenoxy) is 1. The van der Waals surface area contributed by atoms with E-state index in [1.165, 1.54) is 24.3 Å². The predicted molar refractivity (Wildman–Crippen MR) is 159 cm³/mol. The molecule has 0 aromatic heterocycles. The second-order valence-electron chi connectivity index (χ2n) is 12.0. The minimum Gasteiger partial charge on any atom is -0.381 e. The molecule has 2 aromatic carbocycles. The van der Waals surface area contributed by atoms with Gasteiger partial charge >= 0.3 is 0 Å². The molecular weight excluding hydrogens is 562 g/mol. The number of fused-ring (bicyclic) bond motifs is 2. The fourth-order valence-corrected chi connectivity index (χ4v) is 8.81. The lowest BCUT2D eigenvalue weighted by Crippen LogP contribution is -2.57. The number of piperazine rings is 1. The van der Waals surface area contributed by atoms with Crippen LogP contribution in [0.1, 0.15) is 62.0 Å². The van der Waals surface area contributed by atoms with Gasteiger partial charge in [0.1, 0.15) is 11.6 Å². The average Bonchev–Trinajstić information content (AvgIpc) is 3.10. The number of carbonyl (C=O) groups is 1. The van der Waals surface area contributed by atoms with Crippen molar-refractivity contribution >= 4 is 21.6 Å². The number of rotatable bonds is 9. The van der Waals surface area contributed by atoms with Crippen molar-refractivity contribution in [3.05, 3.63) is 65.2 Å². The highest BCUT2D eigenvalue weighted by Gasteiger charge is 2.39. The molecule has 2 aromatic rings. The summed E-state index contributed by atoms with van der Waals surface area (Å²) in [5.41, 5.74) is 8.09. The maximum Gasteiger partial charge on any atom is 0.241 e. The van der Waals surface area contributed by atoms with Crippen LogP contribution in [0.3, 0.4) is 0 Å². The van der Waals surface area contributed by atoms with Gasteiger partial charge in [-0.1, -0.05) is 18.2 Å². The van der Waals surface area contributed by atoms with Gasteiger partial charge in [0.15, 0.2) is 0 Å². The van der Waals surface area contributed by atoms with Crippen LogP contribution in [0.5, 0.6) is 0 Å². The Morgan fingerprint density at radius 3 is 2.57 bits per heavy atom. The summed E-state index contributed by atoms with van der Waals surface area (Å²) < 4.78 is 61.8. The van der Waals surface area contributed by atoms with Gasteiger partial charge in [0.2, 0.25) is 15.9 Å². The summed E-state index contributed by atoms with van der Waals surface area (Å²) in [4.78, 5) is 13.6. The number of carbonyl (C=O) groups excluding carboxylic acids is 1. The predicted octanol–water partition coefficient (Wildman–Crippen LogP) is 3.92. The van der Waals surface area contributed by atoms with Crippen LogP contribution in [0.4, 0.5) is 14.5 Å². The summed E-state index contributed by atoms with van der Waals surface area (Å²) in [6, 6.07) is 9.56. The van der Waals surface area contributed by atoms with Crippen LogP contribution in [-0.4, -0.2) is 68.8 Å². The number of benzene rings is 2. The van der Waals surface area contributed by atoms with Crippen molar-refractivity contribution in [2.45, 2.75) is 81.5 Å². The largest absolute Gasteiger partial charge is 0.381 e. The van der Waals surface area contributed by atoms with Crippen LogP contribution < -0.4 is 16.4 Å². The molecule has 3 aliphatic rings. The van der Waals surface area contributed by atoms with E-state index in [2.05, 4.69) is 10.6 Å².